The average molecular weight is 286 g/mol. The van der Waals surface area contributed by atoms with Gasteiger partial charge in [0.1, 0.15) is 6.61 Å². The second-order valence-electron chi connectivity index (χ2n) is 4.50. The fourth-order valence-corrected chi connectivity index (χ4v) is 2.52. The van der Waals surface area contributed by atoms with Gasteiger partial charge in [0.05, 0.1) is 25.1 Å². The lowest BCUT2D eigenvalue weighted by Gasteiger charge is -2.24. The third-order valence-corrected chi connectivity index (χ3v) is 3.37. The molecule has 3 aliphatic rings. The molecule has 0 amide bonds. The topological polar surface area (TPSA) is 62.9 Å². The monoisotopic (exact) mass is 285 g/mol. The van der Waals surface area contributed by atoms with Crippen molar-refractivity contribution in [1.29, 1.82) is 0 Å². The summed E-state index contributed by atoms with van der Waals surface area (Å²) in [5.41, 5.74) is 8.94. The maximum absolute atomic E-state index is 5.88. The molecular weight excluding hydrogens is 268 g/mol. The van der Waals surface area contributed by atoms with Gasteiger partial charge in [-0.05, 0) is 28.8 Å². The summed E-state index contributed by atoms with van der Waals surface area (Å²) in [7, 11) is 1.31. The van der Waals surface area contributed by atoms with Crippen LogP contribution in [0.3, 0.4) is 0 Å². The summed E-state index contributed by atoms with van der Waals surface area (Å²) in [4.78, 5) is 0. The van der Waals surface area contributed by atoms with Crippen molar-refractivity contribution in [1.82, 2.24) is 0 Å². The molecule has 0 aromatic rings. The van der Waals surface area contributed by atoms with Crippen molar-refractivity contribution in [3.63, 3.8) is 0 Å². The van der Waals surface area contributed by atoms with Gasteiger partial charge >= 0.3 is 7.12 Å². The first-order valence-electron chi connectivity index (χ1n) is 6.06. The minimum atomic E-state index is -0.347. The van der Waals surface area contributed by atoms with Crippen molar-refractivity contribution in [3.8, 4) is 0 Å². The molecule has 0 aliphatic carbocycles. The molecule has 0 radical (unpaired) electrons. The summed E-state index contributed by atoms with van der Waals surface area (Å²) < 4.78 is 22.3. The third-order valence-electron chi connectivity index (χ3n) is 3.37. The minimum Gasteiger partial charge on any atom is -0.497 e. The molecule has 0 spiro atoms. The lowest BCUT2D eigenvalue weighted by atomic mass is 9.70. The Morgan fingerprint density at radius 1 is 1.47 bits per heavy atom. The Kier molecular flexibility index (Phi) is 4.70. The molecule has 2 atom stereocenters. The van der Waals surface area contributed by atoms with Crippen molar-refractivity contribution in [2.75, 3.05) is 26.9 Å². The molecule has 104 valence electrons. The second-order valence-corrected chi connectivity index (χ2v) is 4.50. The number of allylic oxidation sites excluding steroid dienone is 3. The highest BCUT2D eigenvalue weighted by molar-refractivity contribution is 6.57. The van der Waals surface area contributed by atoms with E-state index < -0.39 is 0 Å². The van der Waals surface area contributed by atoms with Crippen LogP contribution in [0.15, 0.2) is 35.0 Å². The number of hydrogen-bond acceptors (Lipinski definition) is 5. The lowest BCUT2D eigenvalue weighted by Crippen LogP contribution is -2.37. The quantitative estimate of drug-likeness (QED) is 0.770. The largest absolute Gasteiger partial charge is 0.497 e. The summed E-state index contributed by atoms with van der Waals surface area (Å²) in [5, 5.41) is 0. The van der Waals surface area contributed by atoms with E-state index in [4.69, 9.17) is 24.5 Å². The van der Waals surface area contributed by atoms with E-state index >= 15 is 0 Å². The van der Waals surface area contributed by atoms with Gasteiger partial charge < -0.3 is 24.5 Å². The molecule has 2 unspecified atom stereocenters. The Balaban J connectivity index is 0.00000133. The van der Waals surface area contributed by atoms with E-state index in [-0.39, 0.29) is 31.7 Å². The molecule has 3 aliphatic heterocycles. The van der Waals surface area contributed by atoms with Crippen molar-refractivity contribution in [2.24, 2.45) is 5.73 Å². The molecule has 5 nitrogen and oxygen atoms in total. The summed E-state index contributed by atoms with van der Waals surface area (Å²) in [6.07, 6.45) is 5.47. The minimum absolute atomic E-state index is 0. The highest BCUT2D eigenvalue weighted by atomic mass is 35.5. The second kappa shape index (κ2) is 6.11. The van der Waals surface area contributed by atoms with Gasteiger partial charge in [-0.25, -0.2) is 0 Å². The summed E-state index contributed by atoms with van der Waals surface area (Å²) in [6, 6.07) is 0. The summed E-state index contributed by atoms with van der Waals surface area (Å²) in [6.45, 7) is 1.46. The Labute approximate surface area is 119 Å². The number of halogens is 1. The van der Waals surface area contributed by atoms with Crippen molar-refractivity contribution in [2.45, 2.75) is 12.2 Å². The van der Waals surface area contributed by atoms with Crippen LogP contribution in [0.5, 0.6) is 0 Å². The van der Waals surface area contributed by atoms with E-state index in [9.17, 15) is 0 Å². The zero-order valence-corrected chi connectivity index (χ0v) is 11.5. The molecule has 0 aromatic carbocycles. The first-order valence-corrected chi connectivity index (χ1v) is 6.06. The molecule has 19 heavy (non-hydrogen) atoms. The van der Waals surface area contributed by atoms with Crippen LogP contribution in [-0.2, 0) is 18.8 Å². The molecule has 3 heterocycles. The van der Waals surface area contributed by atoms with E-state index in [0.717, 1.165) is 16.6 Å². The van der Waals surface area contributed by atoms with E-state index in [0.29, 0.717) is 19.8 Å². The molecule has 0 fully saturated rings. The average Bonchev–Trinajstić information content (AvgIpc) is 2.58. The van der Waals surface area contributed by atoms with Gasteiger partial charge in [0, 0.05) is 13.7 Å². The van der Waals surface area contributed by atoms with E-state index in [1.54, 1.807) is 13.4 Å². The molecule has 0 bridgehead atoms. The van der Waals surface area contributed by atoms with Crippen LogP contribution < -0.4 is 5.73 Å². The van der Waals surface area contributed by atoms with Crippen LogP contribution in [0.4, 0.5) is 0 Å². The van der Waals surface area contributed by atoms with Crippen LogP contribution >= 0.6 is 12.4 Å². The smallest absolute Gasteiger partial charge is 0.495 e. The lowest BCUT2D eigenvalue weighted by molar-refractivity contribution is 0.0759. The molecule has 3 rings (SSSR count). The van der Waals surface area contributed by atoms with E-state index in [1.807, 2.05) is 12.2 Å². The zero-order valence-electron chi connectivity index (χ0n) is 10.7. The number of rotatable bonds is 3. The number of nitrogens with two attached hydrogens (primary N) is 1. The molecule has 7 heteroatoms. The first kappa shape index (κ1) is 14.6. The van der Waals surface area contributed by atoms with Gasteiger partial charge in [-0.1, -0.05) is 0 Å². The van der Waals surface area contributed by atoms with Crippen LogP contribution in [0, 0.1) is 0 Å². The molecule has 0 saturated heterocycles. The van der Waals surface area contributed by atoms with E-state index in [1.165, 1.54) is 0 Å². The Hall–Kier alpha value is -0.785. The maximum atomic E-state index is 5.88. The zero-order chi connectivity index (χ0) is 12.5. The molecule has 0 saturated carbocycles. The van der Waals surface area contributed by atoms with Gasteiger partial charge in [-0.3, -0.25) is 0 Å². The van der Waals surface area contributed by atoms with Gasteiger partial charge in [0.2, 0.25) is 0 Å². The van der Waals surface area contributed by atoms with E-state index in [2.05, 4.69) is 0 Å². The van der Waals surface area contributed by atoms with Gasteiger partial charge in [0.15, 0.2) is 0 Å². The normalized spacial score (nSPS) is 28.3. The fourth-order valence-electron chi connectivity index (χ4n) is 2.52. The molecule has 2 N–H and O–H groups in total. The highest BCUT2D eigenvalue weighted by Gasteiger charge is 2.44. The Morgan fingerprint density at radius 2 is 2.32 bits per heavy atom. The standard InChI is InChI=1S/C12H16BNO4.ClH/c1-15-7-11-10-6-16-3-2-8-4-9(5-14)17-13(18-11)12(8)10;/h2-4,9,11H,5-7,14H2,1H3;1H. The number of hydrogen-bond donors (Lipinski definition) is 1. The third kappa shape index (κ3) is 2.59. The van der Waals surface area contributed by atoms with Crippen molar-refractivity contribution < 1.29 is 18.8 Å². The summed E-state index contributed by atoms with van der Waals surface area (Å²) in [5.74, 6) is 0. The predicted octanol–water partition coefficient (Wildman–Crippen LogP) is 0.605. The summed E-state index contributed by atoms with van der Waals surface area (Å²) >= 11 is 0. The maximum Gasteiger partial charge on any atom is 0.495 e. The number of methoxy groups -OCH3 is 1. The van der Waals surface area contributed by atoms with Crippen LogP contribution in [0.25, 0.3) is 0 Å². The van der Waals surface area contributed by atoms with Crippen LogP contribution in [0.1, 0.15) is 0 Å². The molecular formula is C12H17BClNO4. The van der Waals surface area contributed by atoms with Gasteiger partial charge in [-0.2, -0.15) is 0 Å². The Morgan fingerprint density at radius 3 is 3.05 bits per heavy atom. The highest BCUT2D eigenvalue weighted by Crippen LogP contribution is 2.36. The predicted molar refractivity (Wildman–Crippen MR) is 73.9 cm³/mol. The van der Waals surface area contributed by atoms with Crippen LogP contribution in [0.2, 0.25) is 0 Å². The number of ether oxygens (including phenoxy) is 2. The molecule has 0 aromatic heterocycles. The van der Waals surface area contributed by atoms with Crippen LogP contribution in [-0.4, -0.2) is 46.2 Å². The Bertz CT molecular complexity index is 437. The van der Waals surface area contributed by atoms with Gasteiger partial charge in [-0.15, -0.1) is 12.4 Å². The fraction of sp³-hybridized carbons (Fsp3) is 0.500. The SMILES string of the molecule is COCC1OB2OC(CN)C=C3C=COCC1=C23.Cl. The van der Waals surface area contributed by atoms with Gasteiger partial charge in [0.25, 0.3) is 0 Å². The van der Waals surface area contributed by atoms with Crippen molar-refractivity contribution >= 4 is 19.5 Å². The van der Waals surface area contributed by atoms with Crippen molar-refractivity contribution in [3.05, 3.63) is 35.0 Å². The first-order chi connectivity index (χ1) is 8.83.